The Morgan fingerprint density at radius 1 is 1.22 bits per heavy atom. The number of hydrogen-bond acceptors (Lipinski definition) is 2. The van der Waals surface area contributed by atoms with E-state index in [1.165, 1.54) is 6.07 Å². The summed E-state index contributed by atoms with van der Waals surface area (Å²) in [5, 5.41) is 0. The molecule has 0 radical (unpaired) electrons. The quantitative estimate of drug-likeness (QED) is 0.816. The van der Waals surface area contributed by atoms with Crippen molar-refractivity contribution in [3.63, 3.8) is 0 Å². The number of halogens is 1. The van der Waals surface area contributed by atoms with Crippen LogP contribution >= 0.6 is 0 Å². The highest BCUT2D eigenvalue weighted by molar-refractivity contribution is 5.23. The smallest absolute Gasteiger partial charge is 0.165 e. The molecule has 0 spiro atoms. The zero-order valence-corrected chi connectivity index (χ0v) is 11.7. The summed E-state index contributed by atoms with van der Waals surface area (Å²) in [6.45, 7) is 6.87. The minimum atomic E-state index is -0.268. The van der Waals surface area contributed by atoms with Gasteiger partial charge in [-0.3, -0.25) is 0 Å². The van der Waals surface area contributed by atoms with E-state index in [9.17, 15) is 4.39 Å². The lowest BCUT2D eigenvalue weighted by atomic mass is 9.98. The molecule has 3 heteroatoms. The van der Waals surface area contributed by atoms with Gasteiger partial charge in [0.05, 0.1) is 6.61 Å². The third kappa shape index (κ3) is 4.65. The summed E-state index contributed by atoms with van der Waals surface area (Å²) in [6.07, 6.45) is 2.29. The molecule has 18 heavy (non-hydrogen) atoms. The lowest BCUT2D eigenvalue weighted by Gasteiger charge is -2.28. The number of ether oxygens (including phenoxy) is 1. The SMILES string of the molecule is CC.CN1CCC(COc2ccccc2F)CC1. The van der Waals surface area contributed by atoms with Crippen molar-refractivity contribution in [2.24, 2.45) is 5.92 Å². The van der Waals surface area contributed by atoms with Crippen LogP contribution in [-0.4, -0.2) is 31.6 Å². The van der Waals surface area contributed by atoms with Gasteiger partial charge >= 0.3 is 0 Å². The molecule has 0 saturated carbocycles. The number of benzene rings is 1. The molecule has 102 valence electrons. The number of rotatable bonds is 3. The molecule has 0 unspecified atom stereocenters. The highest BCUT2D eigenvalue weighted by Gasteiger charge is 2.17. The van der Waals surface area contributed by atoms with Crippen LogP contribution in [-0.2, 0) is 0 Å². The van der Waals surface area contributed by atoms with Gasteiger partial charge < -0.3 is 9.64 Å². The summed E-state index contributed by atoms with van der Waals surface area (Å²) in [7, 11) is 2.13. The van der Waals surface area contributed by atoms with E-state index in [4.69, 9.17) is 4.74 Å². The molecule has 0 bridgehead atoms. The average molecular weight is 253 g/mol. The average Bonchev–Trinajstić information content (AvgIpc) is 2.42. The normalized spacial score (nSPS) is 16.9. The zero-order chi connectivity index (χ0) is 13.4. The van der Waals surface area contributed by atoms with Crippen LogP contribution in [0.25, 0.3) is 0 Å². The lowest BCUT2D eigenvalue weighted by Crippen LogP contribution is -2.32. The number of nitrogens with zero attached hydrogens (tertiary/aromatic N) is 1. The van der Waals surface area contributed by atoms with Crippen molar-refractivity contribution in [2.45, 2.75) is 26.7 Å². The molecule has 0 amide bonds. The molecule has 0 aliphatic carbocycles. The molecular weight excluding hydrogens is 229 g/mol. The van der Waals surface area contributed by atoms with Gasteiger partial charge in [-0.05, 0) is 51.0 Å². The van der Waals surface area contributed by atoms with Crippen molar-refractivity contribution in [1.29, 1.82) is 0 Å². The standard InChI is InChI=1S/C13H18FNO.C2H6/c1-15-8-6-11(7-9-15)10-16-13-5-3-2-4-12(13)14;1-2/h2-5,11H,6-10H2,1H3;1-2H3. The number of piperidine rings is 1. The Hall–Kier alpha value is -1.09. The van der Waals surface area contributed by atoms with Gasteiger partial charge in [0.25, 0.3) is 0 Å². The largest absolute Gasteiger partial charge is 0.490 e. The van der Waals surface area contributed by atoms with Gasteiger partial charge in [-0.15, -0.1) is 0 Å². The van der Waals surface area contributed by atoms with Gasteiger partial charge in [-0.25, -0.2) is 4.39 Å². The number of likely N-dealkylation sites (tertiary alicyclic amines) is 1. The molecule has 1 aliphatic rings. The Kier molecular flexibility index (Phi) is 6.73. The monoisotopic (exact) mass is 253 g/mol. The maximum atomic E-state index is 13.3. The molecule has 1 heterocycles. The molecule has 2 rings (SSSR count). The maximum absolute atomic E-state index is 13.3. The van der Waals surface area contributed by atoms with Crippen molar-refractivity contribution in [1.82, 2.24) is 4.90 Å². The van der Waals surface area contributed by atoms with E-state index < -0.39 is 0 Å². The van der Waals surface area contributed by atoms with Gasteiger partial charge in [-0.2, -0.15) is 0 Å². The highest BCUT2D eigenvalue weighted by atomic mass is 19.1. The summed E-state index contributed by atoms with van der Waals surface area (Å²) < 4.78 is 18.8. The third-order valence-electron chi connectivity index (χ3n) is 3.15. The van der Waals surface area contributed by atoms with Crippen molar-refractivity contribution in [3.8, 4) is 5.75 Å². The predicted molar refractivity (Wildman–Crippen MR) is 73.5 cm³/mol. The van der Waals surface area contributed by atoms with Crippen molar-refractivity contribution < 1.29 is 9.13 Å². The molecule has 2 nitrogen and oxygen atoms in total. The fourth-order valence-electron chi connectivity index (χ4n) is 2.00. The second-order valence-corrected chi connectivity index (χ2v) is 4.49. The van der Waals surface area contributed by atoms with Gasteiger partial charge in [-0.1, -0.05) is 26.0 Å². The first-order chi connectivity index (χ1) is 8.75. The maximum Gasteiger partial charge on any atom is 0.165 e. The van der Waals surface area contributed by atoms with Crippen LogP contribution in [0.3, 0.4) is 0 Å². The molecule has 1 aromatic carbocycles. The molecule has 1 aromatic rings. The third-order valence-corrected chi connectivity index (χ3v) is 3.15. The molecule has 0 N–H and O–H groups in total. The summed E-state index contributed by atoms with van der Waals surface area (Å²) in [5.41, 5.74) is 0. The van der Waals surface area contributed by atoms with E-state index in [1.54, 1.807) is 18.2 Å². The first-order valence-electron chi connectivity index (χ1n) is 6.81. The predicted octanol–water partition coefficient (Wildman–Crippen LogP) is 3.57. The molecule has 1 saturated heterocycles. The van der Waals surface area contributed by atoms with Crippen molar-refractivity contribution in [3.05, 3.63) is 30.1 Å². The fourth-order valence-corrected chi connectivity index (χ4v) is 2.00. The van der Waals surface area contributed by atoms with Crippen LogP contribution in [0.5, 0.6) is 5.75 Å². The van der Waals surface area contributed by atoms with E-state index in [-0.39, 0.29) is 5.82 Å². The molecule has 1 fully saturated rings. The topological polar surface area (TPSA) is 12.5 Å². The Bertz CT molecular complexity index is 335. The van der Waals surface area contributed by atoms with Crippen LogP contribution in [0.15, 0.2) is 24.3 Å². The van der Waals surface area contributed by atoms with Gasteiger partial charge in [0.15, 0.2) is 11.6 Å². The minimum absolute atomic E-state index is 0.268. The molecule has 0 aromatic heterocycles. The highest BCUT2D eigenvalue weighted by Crippen LogP contribution is 2.20. The lowest BCUT2D eigenvalue weighted by molar-refractivity contribution is 0.157. The number of para-hydroxylation sites is 1. The van der Waals surface area contributed by atoms with E-state index in [2.05, 4.69) is 11.9 Å². The Morgan fingerprint density at radius 3 is 2.44 bits per heavy atom. The van der Waals surface area contributed by atoms with Crippen LogP contribution in [0.4, 0.5) is 4.39 Å². The minimum Gasteiger partial charge on any atom is -0.490 e. The Balaban J connectivity index is 0.000000771. The zero-order valence-electron chi connectivity index (χ0n) is 11.7. The van der Waals surface area contributed by atoms with Crippen molar-refractivity contribution in [2.75, 3.05) is 26.7 Å². The van der Waals surface area contributed by atoms with Crippen LogP contribution in [0.1, 0.15) is 26.7 Å². The van der Waals surface area contributed by atoms with E-state index >= 15 is 0 Å². The van der Waals surface area contributed by atoms with Crippen LogP contribution in [0, 0.1) is 11.7 Å². The Morgan fingerprint density at radius 2 is 1.83 bits per heavy atom. The first-order valence-corrected chi connectivity index (χ1v) is 6.81. The van der Waals surface area contributed by atoms with E-state index in [0.717, 1.165) is 25.9 Å². The summed E-state index contributed by atoms with van der Waals surface area (Å²) in [5.74, 6) is 0.674. The fraction of sp³-hybridized carbons (Fsp3) is 0.600. The second kappa shape index (κ2) is 8.09. The van der Waals surface area contributed by atoms with Gasteiger partial charge in [0.2, 0.25) is 0 Å². The summed E-state index contributed by atoms with van der Waals surface area (Å²) in [4.78, 5) is 2.32. The summed E-state index contributed by atoms with van der Waals surface area (Å²) >= 11 is 0. The number of hydrogen-bond donors (Lipinski definition) is 0. The summed E-state index contributed by atoms with van der Waals surface area (Å²) in [6, 6.07) is 6.60. The first kappa shape index (κ1) is 15.0. The van der Waals surface area contributed by atoms with Gasteiger partial charge in [0.1, 0.15) is 0 Å². The second-order valence-electron chi connectivity index (χ2n) is 4.49. The van der Waals surface area contributed by atoms with E-state index in [1.807, 2.05) is 13.8 Å². The molecule has 0 atom stereocenters. The Labute approximate surface area is 110 Å². The molecular formula is C15H24FNO. The van der Waals surface area contributed by atoms with Crippen LogP contribution in [0.2, 0.25) is 0 Å². The van der Waals surface area contributed by atoms with Gasteiger partial charge in [0, 0.05) is 0 Å². The van der Waals surface area contributed by atoms with Crippen LogP contribution < -0.4 is 4.74 Å². The molecule has 1 aliphatic heterocycles. The van der Waals surface area contributed by atoms with Crippen molar-refractivity contribution >= 4 is 0 Å². The van der Waals surface area contributed by atoms with E-state index in [0.29, 0.717) is 18.3 Å².